The molecule has 1 heterocycles. The molecule has 6 nitrogen and oxygen atoms in total. The maximum absolute atomic E-state index is 11.0. The highest BCUT2D eigenvalue weighted by molar-refractivity contribution is 7.90. The summed E-state index contributed by atoms with van der Waals surface area (Å²) in [6, 6.07) is 1.73. The lowest BCUT2D eigenvalue weighted by Crippen LogP contribution is -2.26. The van der Waals surface area contributed by atoms with Gasteiger partial charge in [0, 0.05) is 32.6 Å². The second kappa shape index (κ2) is 5.22. The Labute approximate surface area is 95.4 Å². The van der Waals surface area contributed by atoms with E-state index in [2.05, 4.69) is 9.97 Å². The molecule has 0 aliphatic heterocycles. The molecule has 16 heavy (non-hydrogen) atoms. The molecule has 0 spiro atoms. The fourth-order valence-electron chi connectivity index (χ4n) is 1.08. The quantitative estimate of drug-likeness (QED) is 0.745. The van der Waals surface area contributed by atoms with E-state index in [1.54, 1.807) is 24.2 Å². The summed E-state index contributed by atoms with van der Waals surface area (Å²) < 4.78 is 22.0. The first-order chi connectivity index (χ1) is 7.42. The van der Waals surface area contributed by atoms with E-state index in [1.165, 1.54) is 6.26 Å². The summed E-state index contributed by atoms with van der Waals surface area (Å²) in [7, 11) is -1.21. The van der Waals surface area contributed by atoms with Gasteiger partial charge in [-0.3, -0.25) is 0 Å². The average molecular weight is 244 g/mol. The molecule has 7 heteroatoms. The summed E-state index contributed by atoms with van der Waals surface area (Å²) in [6.07, 6.45) is 2.82. The Morgan fingerprint density at radius 2 is 2.19 bits per heavy atom. The summed E-state index contributed by atoms with van der Waals surface area (Å²) in [5, 5.41) is 0. The number of nitrogens with two attached hydrogens (primary N) is 1. The van der Waals surface area contributed by atoms with Gasteiger partial charge in [0.15, 0.2) is 0 Å². The minimum atomic E-state index is -2.96. The number of rotatable bonds is 5. The molecular weight excluding hydrogens is 228 g/mol. The molecule has 0 bridgehead atoms. The monoisotopic (exact) mass is 244 g/mol. The lowest BCUT2D eigenvalue weighted by atomic mass is 10.4. The maximum Gasteiger partial charge on any atom is 0.225 e. The van der Waals surface area contributed by atoms with Crippen molar-refractivity contribution in [1.82, 2.24) is 9.97 Å². The van der Waals surface area contributed by atoms with Crippen molar-refractivity contribution in [3.8, 4) is 0 Å². The van der Waals surface area contributed by atoms with Crippen molar-refractivity contribution in [3.63, 3.8) is 0 Å². The van der Waals surface area contributed by atoms with E-state index in [-0.39, 0.29) is 5.75 Å². The van der Waals surface area contributed by atoms with Crippen LogP contribution < -0.4 is 10.6 Å². The van der Waals surface area contributed by atoms with E-state index < -0.39 is 9.84 Å². The van der Waals surface area contributed by atoms with Crippen LogP contribution in [0.15, 0.2) is 12.3 Å². The highest BCUT2D eigenvalue weighted by atomic mass is 32.2. The van der Waals surface area contributed by atoms with Crippen molar-refractivity contribution in [1.29, 1.82) is 0 Å². The van der Waals surface area contributed by atoms with Crippen LogP contribution >= 0.6 is 0 Å². The number of hydrogen-bond donors (Lipinski definition) is 1. The van der Waals surface area contributed by atoms with Crippen molar-refractivity contribution in [3.05, 3.63) is 18.0 Å². The first-order valence-electron chi connectivity index (χ1n) is 4.83. The molecule has 0 amide bonds. The van der Waals surface area contributed by atoms with Gasteiger partial charge in [0.05, 0.1) is 11.4 Å². The van der Waals surface area contributed by atoms with Crippen molar-refractivity contribution in [2.75, 3.05) is 30.5 Å². The molecule has 0 saturated carbocycles. The first kappa shape index (κ1) is 12.9. The second-order valence-corrected chi connectivity index (χ2v) is 5.86. The van der Waals surface area contributed by atoms with E-state index >= 15 is 0 Å². The minimum absolute atomic E-state index is 0.0830. The zero-order chi connectivity index (χ0) is 12.2. The Balaban J connectivity index is 2.69. The zero-order valence-corrected chi connectivity index (χ0v) is 10.2. The number of aromatic nitrogens is 2. The summed E-state index contributed by atoms with van der Waals surface area (Å²) in [6.45, 7) is 0.711. The maximum atomic E-state index is 11.0. The number of anilines is 1. The van der Waals surface area contributed by atoms with Crippen LogP contribution in [-0.2, 0) is 16.4 Å². The first-order valence-corrected chi connectivity index (χ1v) is 6.89. The standard InChI is InChI=1S/C9H16N4O2S/c1-13(5-6-16(2,14)15)9-11-4-3-8(7-10)12-9/h3-4H,5-7,10H2,1-2H3. The predicted molar refractivity (Wildman–Crippen MR) is 62.9 cm³/mol. The van der Waals surface area contributed by atoms with Crippen molar-refractivity contribution >= 4 is 15.8 Å². The summed E-state index contributed by atoms with van der Waals surface area (Å²) in [5.74, 6) is 0.575. The molecule has 0 atom stereocenters. The smallest absolute Gasteiger partial charge is 0.225 e. The van der Waals surface area contributed by atoms with Gasteiger partial charge in [-0.15, -0.1) is 0 Å². The number of sulfone groups is 1. The average Bonchev–Trinajstić information content (AvgIpc) is 2.25. The number of nitrogens with zero attached hydrogens (tertiary/aromatic N) is 3. The Kier molecular flexibility index (Phi) is 4.19. The van der Waals surface area contributed by atoms with Crippen LogP contribution in [0.25, 0.3) is 0 Å². The van der Waals surface area contributed by atoms with Gasteiger partial charge < -0.3 is 10.6 Å². The molecule has 0 radical (unpaired) electrons. The van der Waals surface area contributed by atoms with Crippen LogP contribution in [0.2, 0.25) is 0 Å². The van der Waals surface area contributed by atoms with Gasteiger partial charge in [-0.1, -0.05) is 0 Å². The van der Waals surface area contributed by atoms with E-state index in [0.717, 1.165) is 5.69 Å². The molecule has 1 aromatic heterocycles. The molecule has 1 aromatic rings. The van der Waals surface area contributed by atoms with Crippen molar-refractivity contribution in [2.45, 2.75) is 6.54 Å². The Bertz CT molecular complexity index is 447. The molecule has 0 saturated heterocycles. The summed E-state index contributed by atoms with van der Waals surface area (Å²) in [4.78, 5) is 9.93. The fourth-order valence-corrected chi connectivity index (χ4v) is 1.69. The third-order valence-corrected chi connectivity index (χ3v) is 2.97. The molecule has 0 unspecified atom stereocenters. The van der Waals surface area contributed by atoms with Gasteiger partial charge >= 0.3 is 0 Å². The SMILES string of the molecule is CN(CCS(C)(=O)=O)c1nccc(CN)n1. The molecule has 0 aliphatic carbocycles. The molecule has 0 fully saturated rings. The van der Waals surface area contributed by atoms with Crippen LogP contribution in [0.1, 0.15) is 5.69 Å². The predicted octanol–water partition coefficient (Wildman–Crippen LogP) is -0.584. The van der Waals surface area contributed by atoms with Crippen molar-refractivity contribution < 1.29 is 8.42 Å². The van der Waals surface area contributed by atoms with Crippen LogP contribution in [0.4, 0.5) is 5.95 Å². The Hall–Kier alpha value is -1.21. The molecule has 2 N–H and O–H groups in total. The minimum Gasteiger partial charge on any atom is -0.343 e. The molecule has 0 aromatic carbocycles. The van der Waals surface area contributed by atoms with Gasteiger partial charge in [-0.2, -0.15) is 0 Å². The molecule has 1 rings (SSSR count). The molecule has 90 valence electrons. The highest BCUT2D eigenvalue weighted by Gasteiger charge is 2.08. The molecular formula is C9H16N4O2S. The van der Waals surface area contributed by atoms with E-state index in [1.807, 2.05) is 0 Å². The van der Waals surface area contributed by atoms with Crippen LogP contribution in [0.3, 0.4) is 0 Å². The van der Waals surface area contributed by atoms with Gasteiger partial charge in [-0.25, -0.2) is 18.4 Å². The molecule has 0 aliphatic rings. The van der Waals surface area contributed by atoms with Gasteiger partial charge in [0.1, 0.15) is 9.84 Å². The lowest BCUT2D eigenvalue weighted by molar-refractivity contribution is 0.600. The van der Waals surface area contributed by atoms with E-state index in [0.29, 0.717) is 19.0 Å². The summed E-state index contributed by atoms with van der Waals surface area (Å²) in [5.41, 5.74) is 6.19. The van der Waals surface area contributed by atoms with Gasteiger partial charge in [-0.05, 0) is 6.07 Å². The van der Waals surface area contributed by atoms with Crippen LogP contribution in [0, 0.1) is 0 Å². The highest BCUT2D eigenvalue weighted by Crippen LogP contribution is 2.05. The van der Waals surface area contributed by atoms with E-state index in [9.17, 15) is 8.42 Å². The van der Waals surface area contributed by atoms with Crippen molar-refractivity contribution in [2.24, 2.45) is 5.73 Å². The number of hydrogen-bond acceptors (Lipinski definition) is 6. The van der Waals surface area contributed by atoms with Gasteiger partial charge in [0.2, 0.25) is 5.95 Å². The van der Waals surface area contributed by atoms with E-state index in [4.69, 9.17) is 5.73 Å². The Morgan fingerprint density at radius 1 is 1.50 bits per heavy atom. The van der Waals surface area contributed by atoms with Crippen LogP contribution in [-0.4, -0.2) is 44.0 Å². The second-order valence-electron chi connectivity index (χ2n) is 3.60. The normalized spacial score (nSPS) is 11.4. The third kappa shape index (κ3) is 4.11. The fraction of sp³-hybridized carbons (Fsp3) is 0.556. The largest absolute Gasteiger partial charge is 0.343 e. The topological polar surface area (TPSA) is 89.2 Å². The Morgan fingerprint density at radius 3 is 2.75 bits per heavy atom. The van der Waals surface area contributed by atoms with Crippen LogP contribution in [0.5, 0.6) is 0 Å². The summed E-state index contributed by atoms with van der Waals surface area (Å²) >= 11 is 0. The van der Waals surface area contributed by atoms with Gasteiger partial charge in [0.25, 0.3) is 0 Å². The third-order valence-electron chi connectivity index (χ3n) is 2.05. The lowest BCUT2D eigenvalue weighted by Gasteiger charge is -2.16. The zero-order valence-electron chi connectivity index (χ0n) is 9.42.